The van der Waals surface area contributed by atoms with Crippen LogP contribution in [0, 0.1) is 18.7 Å². The maximum atomic E-state index is 14.2. The molecule has 0 bridgehead atoms. The molecular weight excluding hydrogens is 411 g/mol. The summed E-state index contributed by atoms with van der Waals surface area (Å²) >= 11 is 0. The number of fused-ring (bicyclic) bond motifs is 1. The van der Waals surface area contributed by atoms with Gasteiger partial charge in [-0.1, -0.05) is 6.07 Å². The van der Waals surface area contributed by atoms with E-state index in [0.717, 1.165) is 63.1 Å². The van der Waals surface area contributed by atoms with Gasteiger partial charge in [-0.2, -0.15) is 0 Å². The van der Waals surface area contributed by atoms with Crippen LogP contribution in [0.25, 0.3) is 0 Å². The summed E-state index contributed by atoms with van der Waals surface area (Å²) in [5.41, 5.74) is 2.36. The number of aryl methyl sites for hydroxylation is 1. The second-order valence-corrected chi connectivity index (χ2v) is 9.74. The van der Waals surface area contributed by atoms with Gasteiger partial charge in [0.05, 0.1) is 19.1 Å². The lowest BCUT2D eigenvalue weighted by atomic mass is 9.89. The van der Waals surface area contributed by atoms with Gasteiger partial charge < -0.3 is 20.3 Å². The third-order valence-corrected chi connectivity index (χ3v) is 7.63. The number of carbonyl (C=O) groups excluding carboxylic acids is 2. The predicted molar refractivity (Wildman–Crippen MR) is 119 cm³/mol. The number of carbonyl (C=O) groups is 2. The van der Waals surface area contributed by atoms with Crippen LogP contribution in [0.5, 0.6) is 0 Å². The Morgan fingerprint density at radius 3 is 2.62 bits per heavy atom. The van der Waals surface area contributed by atoms with Crippen molar-refractivity contribution in [2.45, 2.75) is 57.2 Å². The zero-order valence-electron chi connectivity index (χ0n) is 18.7. The van der Waals surface area contributed by atoms with Crippen molar-refractivity contribution in [3.8, 4) is 0 Å². The van der Waals surface area contributed by atoms with Crippen molar-refractivity contribution in [2.75, 3.05) is 44.7 Å². The highest BCUT2D eigenvalue weighted by molar-refractivity contribution is 5.88. The van der Waals surface area contributed by atoms with E-state index < -0.39 is 6.04 Å². The number of hydrogen-bond donors (Lipinski definition) is 2. The summed E-state index contributed by atoms with van der Waals surface area (Å²) in [6, 6.07) is 3.40. The number of piperazine rings is 1. The maximum Gasteiger partial charge on any atom is 0.243 e. The number of nitrogens with one attached hydrogen (secondary N) is 2. The van der Waals surface area contributed by atoms with E-state index in [1.54, 1.807) is 6.07 Å². The zero-order chi connectivity index (χ0) is 22.2. The third-order valence-electron chi connectivity index (χ3n) is 7.63. The van der Waals surface area contributed by atoms with Gasteiger partial charge in [0.1, 0.15) is 11.9 Å². The molecule has 3 aliphatic heterocycles. The summed E-state index contributed by atoms with van der Waals surface area (Å²) in [6.45, 7) is 6.40. The van der Waals surface area contributed by atoms with Gasteiger partial charge in [0.25, 0.3) is 0 Å². The fraction of sp³-hybridized carbons (Fsp3) is 0.667. The van der Waals surface area contributed by atoms with E-state index in [9.17, 15) is 14.0 Å². The van der Waals surface area contributed by atoms with Gasteiger partial charge in [-0.05, 0) is 44.2 Å². The summed E-state index contributed by atoms with van der Waals surface area (Å²) in [5.74, 6) is 0.0159. The standard InChI is InChI=1S/C24H33FN4O3/c1-15-5-6-20(25)19-12-21(27-22(15)19)23(30)26-17-3-2-4-18(11-17)28-7-9-29(10-8-28)24(31)16-13-32-14-16/h5-6,16-18,21,27H,2-4,7-14H2,1H3,(H,26,30)/t17-,18-,21?/m1/s1. The Hall–Kier alpha value is -2.19. The van der Waals surface area contributed by atoms with Crippen LogP contribution in [0.3, 0.4) is 0 Å². The van der Waals surface area contributed by atoms with Crippen molar-refractivity contribution in [2.24, 2.45) is 5.92 Å². The smallest absolute Gasteiger partial charge is 0.243 e. The van der Waals surface area contributed by atoms with Gasteiger partial charge in [0.15, 0.2) is 0 Å². The van der Waals surface area contributed by atoms with E-state index in [-0.39, 0.29) is 29.6 Å². The molecule has 1 saturated carbocycles. The van der Waals surface area contributed by atoms with Crippen molar-refractivity contribution >= 4 is 17.5 Å². The number of amides is 2. The number of anilines is 1. The fourth-order valence-corrected chi connectivity index (χ4v) is 5.60. The van der Waals surface area contributed by atoms with E-state index in [4.69, 9.17) is 4.74 Å². The summed E-state index contributed by atoms with van der Waals surface area (Å²) < 4.78 is 19.3. The molecule has 0 aromatic heterocycles. The summed E-state index contributed by atoms with van der Waals surface area (Å²) in [4.78, 5) is 29.8. The molecule has 5 rings (SSSR count). The summed E-state index contributed by atoms with van der Waals surface area (Å²) in [7, 11) is 0. The molecule has 1 unspecified atom stereocenters. The number of benzene rings is 1. The lowest BCUT2D eigenvalue weighted by Crippen LogP contribution is -2.57. The van der Waals surface area contributed by atoms with Gasteiger partial charge >= 0.3 is 0 Å². The second kappa shape index (κ2) is 8.98. The van der Waals surface area contributed by atoms with Gasteiger partial charge in [-0.3, -0.25) is 14.5 Å². The van der Waals surface area contributed by atoms with Crippen molar-refractivity contribution in [1.82, 2.24) is 15.1 Å². The average Bonchev–Trinajstić information content (AvgIpc) is 3.23. The molecule has 8 heteroatoms. The first-order valence-electron chi connectivity index (χ1n) is 11.9. The molecule has 1 aromatic carbocycles. The van der Waals surface area contributed by atoms with Crippen LogP contribution in [0.2, 0.25) is 0 Å². The zero-order valence-corrected chi connectivity index (χ0v) is 18.7. The molecule has 32 heavy (non-hydrogen) atoms. The van der Waals surface area contributed by atoms with Gasteiger partial charge in [-0.15, -0.1) is 0 Å². The van der Waals surface area contributed by atoms with E-state index in [1.807, 2.05) is 11.8 Å². The highest BCUT2D eigenvalue weighted by Crippen LogP contribution is 2.32. The Morgan fingerprint density at radius 1 is 1.16 bits per heavy atom. The van der Waals surface area contributed by atoms with E-state index in [0.29, 0.717) is 31.2 Å². The highest BCUT2D eigenvalue weighted by Gasteiger charge is 2.36. The monoisotopic (exact) mass is 444 g/mol. The molecule has 3 fully saturated rings. The van der Waals surface area contributed by atoms with Crippen LogP contribution in [-0.2, 0) is 20.7 Å². The molecule has 2 saturated heterocycles. The Balaban J connectivity index is 1.12. The van der Waals surface area contributed by atoms with Crippen molar-refractivity contribution < 1.29 is 18.7 Å². The number of hydrogen-bond acceptors (Lipinski definition) is 5. The average molecular weight is 445 g/mol. The minimum Gasteiger partial charge on any atom is -0.380 e. The molecule has 7 nitrogen and oxygen atoms in total. The number of nitrogens with zero attached hydrogens (tertiary/aromatic N) is 2. The van der Waals surface area contributed by atoms with Crippen LogP contribution in [0.1, 0.15) is 36.8 Å². The fourth-order valence-electron chi connectivity index (χ4n) is 5.60. The topological polar surface area (TPSA) is 73.9 Å². The van der Waals surface area contributed by atoms with Gasteiger partial charge in [0.2, 0.25) is 11.8 Å². The first kappa shape index (κ1) is 21.6. The molecule has 1 aromatic rings. The van der Waals surface area contributed by atoms with Crippen LogP contribution < -0.4 is 10.6 Å². The SMILES string of the molecule is Cc1ccc(F)c2c1NC(C(=O)N[C@@H]1CCC[C@@H](N3CCN(C(=O)C4COC4)CC3)C1)C2. The van der Waals surface area contributed by atoms with E-state index >= 15 is 0 Å². The number of ether oxygens (including phenoxy) is 1. The van der Waals surface area contributed by atoms with Gasteiger partial charge in [-0.25, -0.2) is 4.39 Å². The molecule has 3 atom stereocenters. The Labute approximate surface area is 188 Å². The molecule has 2 amide bonds. The lowest BCUT2D eigenvalue weighted by Gasteiger charge is -2.43. The minimum atomic E-state index is -0.411. The molecule has 2 N–H and O–H groups in total. The molecule has 174 valence electrons. The second-order valence-electron chi connectivity index (χ2n) is 9.74. The first-order chi connectivity index (χ1) is 15.5. The third kappa shape index (κ3) is 4.22. The van der Waals surface area contributed by atoms with Crippen LogP contribution in [-0.4, -0.2) is 79.1 Å². The highest BCUT2D eigenvalue weighted by atomic mass is 19.1. The lowest BCUT2D eigenvalue weighted by molar-refractivity contribution is -0.152. The molecule has 1 aliphatic carbocycles. The van der Waals surface area contributed by atoms with Crippen LogP contribution in [0.15, 0.2) is 12.1 Å². The van der Waals surface area contributed by atoms with Gasteiger partial charge in [0, 0.05) is 55.9 Å². The molecule has 0 radical (unpaired) electrons. The number of halogens is 1. The Kier molecular flexibility index (Phi) is 6.07. The van der Waals surface area contributed by atoms with Crippen molar-refractivity contribution in [1.29, 1.82) is 0 Å². The van der Waals surface area contributed by atoms with Crippen LogP contribution in [0.4, 0.5) is 10.1 Å². The molecule has 0 spiro atoms. The Morgan fingerprint density at radius 2 is 1.94 bits per heavy atom. The van der Waals surface area contributed by atoms with Crippen molar-refractivity contribution in [3.05, 3.63) is 29.1 Å². The summed E-state index contributed by atoms with van der Waals surface area (Å²) in [6.07, 6.45) is 4.53. The summed E-state index contributed by atoms with van der Waals surface area (Å²) in [5, 5.41) is 6.46. The predicted octanol–water partition coefficient (Wildman–Crippen LogP) is 1.69. The van der Waals surface area contributed by atoms with E-state index in [2.05, 4.69) is 15.5 Å². The normalized spacial score (nSPS) is 28.6. The molecule has 3 heterocycles. The quantitative estimate of drug-likeness (QED) is 0.740. The van der Waals surface area contributed by atoms with Crippen molar-refractivity contribution in [3.63, 3.8) is 0 Å². The Bertz CT molecular complexity index is 851. The van der Waals surface area contributed by atoms with Crippen LogP contribution >= 0.6 is 0 Å². The largest absolute Gasteiger partial charge is 0.380 e. The number of rotatable bonds is 4. The molecular formula is C24H33FN4O3. The molecule has 4 aliphatic rings. The van der Waals surface area contributed by atoms with E-state index in [1.165, 1.54) is 6.07 Å². The minimum absolute atomic E-state index is 0.0382. The first-order valence-corrected chi connectivity index (χ1v) is 11.9. The maximum absolute atomic E-state index is 14.2.